The van der Waals surface area contributed by atoms with Crippen LogP contribution in [0.15, 0.2) is 0 Å². The maximum atomic E-state index is 2.37. The summed E-state index contributed by atoms with van der Waals surface area (Å²) in [4.78, 5) is 0. The summed E-state index contributed by atoms with van der Waals surface area (Å²) in [5, 5.41) is 0. The molecule has 0 atom stereocenters. The third-order valence-electron chi connectivity index (χ3n) is 12.6. The Morgan fingerprint density at radius 1 is 0.256 bits per heavy atom. The lowest BCUT2D eigenvalue weighted by Gasteiger charge is -2.35. The van der Waals surface area contributed by atoms with E-state index in [0.29, 0.717) is 0 Å². The van der Waals surface area contributed by atoms with Crippen LogP contribution in [0.25, 0.3) is 0 Å². The molecule has 4 heterocycles. The molecule has 4 aliphatic heterocycles. The van der Waals surface area contributed by atoms with Gasteiger partial charge in [0.1, 0.15) is 0 Å². The summed E-state index contributed by atoms with van der Waals surface area (Å²) >= 11 is 0. The Morgan fingerprint density at radius 3 is 0.628 bits per heavy atom. The first-order chi connectivity index (χ1) is 21.0. The smallest absolute Gasteiger partial charge is 0.0788 e. The van der Waals surface area contributed by atoms with E-state index in [0.717, 1.165) is 0 Å². The lowest BCUT2D eigenvalue weighted by Crippen LogP contribution is -2.47. The normalized spacial score (nSPS) is 23.4. The lowest BCUT2D eigenvalue weighted by atomic mass is 10.1. The van der Waals surface area contributed by atoms with Gasteiger partial charge in [-0.15, -0.1) is 0 Å². The largest absolute Gasteiger partial charge is 0.324 e. The fourth-order valence-corrected chi connectivity index (χ4v) is 10.5. The number of hydrogen-bond donors (Lipinski definition) is 0. The molecule has 0 N–H and O–H groups in total. The van der Waals surface area contributed by atoms with Crippen LogP contribution in [0.2, 0.25) is 0 Å². The summed E-state index contributed by atoms with van der Waals surface area (Å²) in [6.07, 6.45) is 27.7. The van der Waals surface area contributed by atoms with Crippen LogP contribution in [0.4, 0.5) is 0 Å². The standard InChI is InChI=1S/C20H42N2.C19H40N2/c1-3-13-21(17-9-10-18-21)15-7-5-6-8-16-22(14-4-2)19-11-12-20-22;1-3-12-20(16-8-9-17-20)14-6-5-7-15-21(13-4-2)18-10-11-19-21/h3-20H2,1-2H3;3-19H2,1-2H3/q2*+2. The highest BCUT2D eigenvalue weighted by atomic mass is 15.4. The quantitative estimate of drug-likeness (QED) is 0.0905. The van der Waals surface area contributed by atoms with Crippen molar-refractivity contribution in [3.8, 4) is 0 Å². The molecule has 4 heteroatoms. The van der Waals surface area contributed by atoms with Crippen molar-refractivity contribution in [3.63, 3.8) is 0 Å². The molecule has 4 rings (SSSR count). The summed E-state index contributed by atoms with van der Waals surface area (Å²) in [7, 11) is 0. The summed E-state index contributed by atoms with van der Waals surface area (Å²) in [5.41, 5.74) is 0. The van der Waals surface area contributed by atoms with Crippen LogP contribution in [0.3, 0.4) is 0 Å². The average Bonchev–Trinajstić information content (AvgIpc) is 3.82. The molecule has 4 aliphatic rings. The van der Waals surface area contributed by atoms with E-state index in [-0.39, 0.29) is 0 Å². The van der Waals surface area contributed by atoms with Gasteiger partial charge in [0.25, 0.3) is 0 Å². The van der Waals surface area contributed by atoms with E-state index in [1.165, 1.54) is 245 Å². The van der Waals surface area contributed by atoms with E-state index in [1.54, 1.807) is 0 Å². The third-order valence-corrected chi connectivity index (χ3v) is 12.6. The first-order valence-electron chi connectivity index (χ1n) is 20.4. The van der Waals surface area contributed by atoms with Gasteiger partial charge in [-0.2, -0.15) is 0 Å². The Kier molecular flexibility index (Phi) is 17.5. The van der Waals surface area contributed by atoms with E-state index in [9.17, 15) is 0 Å². The average molecular weight is 607 g/mol. The topological polar surface area (TPSA) is 0 Å². The SMILES string of the molecule is CCC[N+]1(CCCCCC[N+]2(CCC)CCCC2)CCCC1.CCC[N+]1(CCCCC[N+]2(CCC)CCCC2)CCCC1. The zero-order chi connectivity index (χ0) is 30.7. The highest BCUT2D eigenvalue weighted by Crippen LogP contribution is 2.25. The van der Waals surface area contributed by atoms with Crippen LogP contribution >= 0.6 is 0 Å². The Balaban J connectivity index is 0.000000236. The molecule has 254 valence electrons. The van der Waals surface area contributed by atoms with Gasteiger partial charge in [0.2, 0.25) is 0 Å². The number of likely N-dealkylation sites (tertiary alicyclic amines) is 4. The maximum absolute atomic E-state index is 2.37. The van der Waals surface area contributed by atoms with Crippen LogP contribution < -0.4 is 0 Å². The van der Waals surface area contributed by atoms with E-state index in [2.05, 4.69) is 27.7 Å². The number of unbranched alkanes of at least 4 members (excludes halogenated alkanes) is 5. The molecule has 4 fully saturated rings. The van der Waals surface area contributed by atoms with Crippen molar-refractivity contribution in [3.05, 3.63) is 0 Å². The maximum Gasteiger partial charge on any atom is 0.0788 e. The predicted octanol–water partition coefficient (Wildman–Crippen LogP) is 8.79. The summed E-state index contributed by atoms with van der Waals surface area (Å²) in [6.45, 7) is 32.9. The van der Waals surface area contributed by atoms with Gasteiger partial charge in [-0.1, -0.05) is 27.7 Å². The fourth-order valence-electron chi connectivity index (χ4n) is 10.5. The number of hydrogen-bond acceptors (Lipinski definition) is 0. The molecule has 0 aliphatic carbocycles. The van der Waals surface area contributed by atoms with Crippen molar-refractivity contribution in [2.24, 2.45) is 0 Å². The predicted molar refractivity (Wildman–Crippen MR) is 189 cm³/mol. The van der Waals surface area contributed by atoms with Gasteiger partial charge in [0.05, 0.1) is 105 Å². The highest BCUT2D eigenvalue weighted by Gasteiger charge is 2.33. The first-order valence-corrected chi connectivity index (χ1v) is 20.4. The fraction of sp³-hybridized carbons (Fsp3) is 1.00. The Labute approximate surface area is 271 Å². The monoisotopic (exact) mass is 607 g/mol. The van der Waals surface area contributed by atoms with Gasteiger partial charge in [-0.25, -0.2) is 0 Å². The van der Waals surface area contributed by atoms with E-state index in [1.807, 2.05) is 0 Å². The molecule has 0 unspecified atom stereocenters. The minimum absolute atomic E-state index is 1.37. The molecule has 0 aromatic heterocycles. The Hall–Kier alpha value is -0.160. The van der Waals surface area contributed by atoms with Crippen LogP contribution in [0.5, 0.6) is 0 Å². The van der Waals surface area contributed by atoms with Gasteiger partial charge >= 0.3 is 0 Å². The number of quaternary nitrogens is 4. The van der Waals surface area contributed by atoms with E-state index in [4.69, 9.17) is 0 Å². The second kappa shape index (κ2) is 20.2. The van der Waals surface area contributed by atoms with Gasteiger partial charge in [-0.05, 0) is 70.6 Å². The molecular weight excluding hydrogens is 524 g/mol. The van der Waals surface area contributed by atoms with Crippen molar-refractivity contribution in [2.45, 2.75) is 150 Å². The highest BCUT2D eigenvalue weighted by molar-refractivity contribution is 4.60. The summed E-state index contributed by atoms with van der Waals surface area (Å²) in [5.74, 6) is 0. The zero-order valence-corrected chi connectivity index (χ0v) is 30.5. The second-order valence-electron chi connectivity index (χ2n) is 16.2. The van der Waals surface area contributed by atoms with Crippen molar-refractivity contribution in [2.75, 3.05) is 105 Å². The number of rotatable bonds is 21. The molecule has 4 nitrogen and oxygen atoms in total. The van der Waals surface area contributed by atoms with Crippen molar-refractivity contribution >= 4 is 0 Å². The zero-order valence-electron chi connectivity index (χ0n) is 30.5. The third kappa shape index (κ3) is 12.5. The summed E-state index contributed by atoms with van der Waals surface area (Å²) in [6, 6.07) is 0. The molecule has 0 aromatic rings. The Bertz CT molecular complexity index is 623. The van der Waals surface area contributed by atoms with Gasteiger partial charge in [0.15, 0.2) is 0 Å². The van der Waals surface area contributed by atoms with Crippen LogP contribution in [0, 0.1) is 0 Å². The van der Waals surface area contributed by atoms with Gasteiger partial charge in [-0.3, -0.25) is 0 Å². The van der Waals surface area contributed by atoms with E-state index >= 15 is 0 Å². The molecule has 0 aromatic carbocycles. The molecule has 43 heavy (non-hydrogen) atoms. The second-order valence-corrected chi connectivity index (χ2v) is 16.2. The van der Waals surface area contributed by atoms with Crippen molar-refractivity contribution in [1.82, 2.24) is 0 Å². The minimum atomic E-state index is 1.37. The molecule has 0 amide bonds. The van der Waals surface area contributed by atoms with Gasteiger partial charge < -0.3 is 17.9 Å². The van der Waals surface area contributed by atoms with Gasteiger partial charge in [0, 0.05) is 51.4 Å². The lowest BCUT2D eigenvalue weighted by molar-refractivity contribution is -0.919. The van der Waals surface area contributed by atoms with Crippen molar-refractivity contribution < 1.29 is 17.9 Å². The molecule has 4 saturated heterocycles. The van der Waals surface area contributed by atoms with E-state index < -0.39 is 0 Å². The Morgan fingerprint density at radius 2 is 0.442 bits per heavy atom. The molecule has 0 bridgehead atoms. The van der Waals surface area contributed by atoms with Crippen LogP contribution in [0.1, 0.15) is 150 Å². The van der Waals surface area contributed by atoms with Crippen molar-refractivity contribution in [1.29, 1.82) is 0 Å². The minimum Gasteiger partial charge on any atom is -0.324 e. The first kappa shape index (κ1) is 37.3. The molecule has 0 saturated carbocycles. The molecule has 0 radical (unpaired) electrons. The van der Waals surface area contributed by atoms with Crippen LogP contribution in [-0.4, -0.2) is 123 Å². The molecule has 0 spiro atoms. The number of nitrogens with zero attached hydrogens (tertiary/aromatic N) is 4. The summed E-state index contributed by atoms with van der Waals surface area (Å²) < 4.78 is 5.86. The molecular formula is C39H82N4+4. The van der Waals surface area contributed by atoms with Crippen LogP contribution in [-0.2, 0) is 0 Å².